The van der Waals surface area contributed by atoms with Gasteiger partial charge in [-0.15, -0.1) is 0 Å². The molecule has 1 aromatic heterocycles. The van der Waals surface area contributed by atoms with Gasteiger partial charge in [-0.1, -0.05) is 12.1 Å². The van der Waals surface area contributed by atoms with E-state index in [0.717, 1.165) is 13.0 Å². The van der Waals surface area contributed by atoms with Gasteiger partial charge < -0.3 is 20.1 Å². The topological polar surface area (TPSA) is 87.5 Å². The Bertz CT molecular complexity index is 430. The maximum Gasteiger partial charge on any atom is 0.245 e. The zero-order valence-electron chi connectivity index (χ0n) is 11.5. The van der Waals surface area contributed by atoms with E-state index in [2.05, 4.69) is 15.8 Å². The normalized spacial score (nSPS) is 10.3. The largest absolute Gasteiger partial charge is 0.360 e. The number of hydrogen-bond donors (Lipinski definition) is 2. The predicted octanol–water partition coefficient (Wildman–Crippen LogP) is 0.380. The van der Waals surface area contributed by atoms with Gasteiger partial charge in [0.05, 0.1) is 13.1 Å². The predicted molar refractivity (Wildman–Crippen MR) is 70.7 cm³/mol. The van der Waals surface area contributed by atoms with Crippen LogP contribution in [0.4, 0.5) is 5.82 Å². The van der Waals surface area contributed by atoms with E-state index in [0.29, 0.717) is 11.6 Å². The fraction of sp³-hybridized carbons (Fsp3) is 0.583. The summed E-state index contributed by atoms with van der Waals surface area (Å²) < 4.78 is 4.83. The van der Waals surface area contributed by atoms with Gasteiger partial charge in [0.1, 0.15) is 5.76 Å². The molecule has 0 radical (unpaired) electrons. The van der Waals surface area contributed by atoms with Crippen LogP contribution in [0.25, 0.3) is 0 Å². The summed E-state index contributed by atoms with van der Waals surface area (Å²) >= 11 is 0. The molecule has 1 rings (SSSR count). The average molecular weight is 268 g/mol. The highest BCUT2D eigenvalue weighted by Crippen LogP contribution is 2.06. The number of aromatic nitrogens is 1. The molecule has 1 aromatic rings. The number of anilines is 1. The first-order valence-corrected chi connectivity index (χ1v) is 6.20. The molecule has 0 aliphatic rings. The molecule has 7 nitrogen and oxygen atoms in total. The summed E-state index contributed by atoms with van der Waals surface area (Å²) in [6, 6.07) is 1.61. The first-order chi connectivity index (χ1) is 9.02. The molecule has 0 saturated carbocycles. The molecule has 0 aliphatic carbocycles. The molecular weight excluding hydrogens is 248 g/mol. The molecule has 106 valence electrons. The van der Waals surface area contributed by atoms with Crippen molar-refractivity contribution in [1.82, 2.24) is 15.4 Å². The minimum absolute atomic E-state index is 0.0153. The Hall–Kier alpha value is -1.89. The highest BCUT2D eigenvalue weighted by atomic mass is 16.5. The summed E-state index contributed by atoms with van der Waals surface area (Å²) in [6.07, 6.45) is 0.961. The van der Waals surface area contributed by atoms with Gasteiger partial charge in [0.15, 0.2) is 5.82 Å². The molecule has 0 bridgehead atoms. The highest BCUT2D eigenvalue weighted by Gasteiger charge is 2.13. The van der Waals surface area contributed by atoms with E-state index in [4.69, 9.17) is 4.52 Å². The highest BCUT2D eigenvalue weighted by molar-refractivity contribution is 5.93. The molecule has 2 N–H and O–H groups in total. The number of carbonyl (C=O) groups is 2. The number of nitrogens with one attached hydrogen (secondary N) is 2. The SMILES string of the molecule is CCCNCC(=O)N(C)CC(=O)Nc1cc(C)on1. The third kappa shape index (κ3) is 5.52. The second-order valence-corrected chi connectivity index (χ2v) is 4.30. The Kier molecular flexibility index (Phi) is 6.01. The first-order valence-electron chi connectivity index (χ1n) is 6.20. The van der Waals surface area contributed by atoms with Crippen molar-refractivity contribution >= 4 is 17.6 Å². The van der Waals surface area contributed by atoms with E-state index in [-0.39, 0.29) is 24.9 Å². The van der Waals surface area contributed by atoms with Crippen LogP contribution in [0.5, 0.6) is 0 Å². The Balaban J connectivity index is 2.32. The minimum atomic E-state index is -0.306. The molecule has 19 heavy (non-hydrogen) atoms. The smallest absolute Gasteiger partial charge is 0.245 e. The lowest BCUT2D eigenvalue weighted by atomic mass is 10.4. The minimum Gasteiger partial charge on any atom is -0.360 e. The maximum atomic E-state index is 11.7. The van der Waals surface area contributed by atoms with Crippen molar-refractivity contribution in [3.8, 4) is 0 Å². The maximum absolute atomic E-state index is 11.7. The zero-order valence-corrected chi connectivity index (χ0v) is 11.5. The van der Waals surface area contributed by atoms with Gasteiger partial charge in [0, 0.05) is 13.1 Å². The van der Waals surface area contributed by atoms with Gasteiger partial charge >= 0.3 is 0 Å². The van der Waals surface area contributed by atoms with Crippen LogP contribution in [0.15, 0.2) is 10.6 Å². The summed E-state index contributed by atoms with van der Waals surface area (Å²) in [6.45, 7) is 4.76. The number of hydrogen-bond acceptors (Lipinski definition) is 5. The number of aryl methyl sites for hydroxylation is 1. The van der Waals surface area contributed by atoms with Crippen molar-refractivity contribution in [1.29, 1.82) is 0 Å². The lowest BCUT2D eigenvalue weighted by Gasteiger charge is -2.16. The second-order valence-electron chi connectivity index (χ2n) is 4.30. The van der Waals surface area contributed by atoms with Crippen LogP contribution in [0.3, 0.4) is 0 Å². The van der Waals surface area contributed by atoms with Gasteiger partial charge in [-0.05, 0) is 19.9 Å². The Morgan fingerprint density at radius 1 is 1.47 bits per heavy atom. The molecule has 0 aliphatic heterocycles. The van der Waals surface area contributed by atoms with E-state index in [1.165, 1.54) is 4.90 Å². The zero-order chi connectivity index (χ0) is 14.3. The van der Waals surface area contributed by atoms with Gasteiger partial charge in [-0.3, -0.25) is 9.59 Å². The van der Waals surface area contributed by atoms with E-state index in [9.17, 15) is 9.59 Å². The van der Waals surface area contributed by atoms with Crippen LogP contribution in [0, 0.1) is 6.92 Å². The number of likely N-dealkylation sites (N-methyl/N-ethyl adjacent to an activating group) is 1. The molecule has 0 spiro atoms. The monoisotopic (exact) mass is 268 g/mol. The van der Waals surface area contributed by atoms with Crippen molar-refractivity contribution < 1.29 is 14.1 Å². The van der Waals surface area contributed by atoms with E-state index >= 15 is 0 Å². The number of nitrogens with zero attached hydrogens (tertiary/aromatic N) is 2. The number of carbonyl (C=O) groups excluding carboxylic acids is 2. The molecule has 2 amide bonds. The molecule has 7 heteroatoms. The van der Waals surface area contributed by atoms with E-state index in [1.807, 2.05) is 6.92 Å². The fourth-order valence-corrected chi connectivity index (χ4v) is 1.42. The first kappa shape index (κ1) is 15.2. The van der Waals surface area contributed by atoms with Crippen LogP contribution in [0.2, 0.25) is 0 Å². The Labute approximate surface area is 112 Å². The molecule has 1 heterocycles. The van der Waals surface area contributed by atoms with Gasteiger partial charge in [0.2, 0.25) is 11.8 Å². The summed E-state index contributed by atoms with van der Waals surface area (Å²) in [5, 5.41) is 9.20. The van der Waals surface area contributed by atoms with Crippen LogP contribution in [0.1, 0.15) is 19.1 Å². The average Bonchev–Trinajstić information content (AvgIpc) is 2.74. The van der Waals surface area contributed by atoms with Gasteiger partial charge in [0.25, 0.3) is 0 Å². The van der Waals surface area contributed by atoms with Crippen molar-refractivity contribution in [2.24, 2.45) is 0 Å². The van der Waals surface area contributed by atoms with E-state index < -0.39 is 0 Å². The van der Waals surface area contributed by atoms with Gasteiger partial charge in [-0.25, -0.2) is 0 Å². The van der Waals surface area contributed by atoms with Crippen molar-refractivity contribution in [3.05, 3.63) is 11.8 Å². The molecule has 0 fully saturated rings. The molecule has 0 unspecified atom stereocenters. The van der Waals surface area contributed by atoms with E-state index in [1.54, 1.807) is 20.0 Å². The summed E-state index contributed by atoms with van der Waals surface area (Å²) in [5.74, 6) is 0.538. The summed E-state index contributed by atoms with van der Waals surface area (Å²) in [7, 11) is 1.59. The van der Waals surface area contributed by atoms with Crippen LogP contribution >= 0.6 is 0 Å². The number of amides is 2. The summed E-state index contributed by atoms with van der Waals surface area (Å²) in [5.41, 5.74) is 0. The molecular formula is C12H20N4O3. The van der Waals surface area contributed by atoms with Crippen molar-refractivity contribution in [3.63, 3.8) is 0 Å². The lowest BCUT2D eigenvalue weighted by molar-refractivity contribution is -0.132. The van der Waals surface area contributed by atoms with Crippen LogP contribution in [-0.2, 0) is 9.59 Å². The number of rotatable bonds is 7. The second kappa shape index (κ2) is 7.52. The Morgan fingerprint density at radius 2 is 2.21 bits per heavy atom. The van der Waals surface area contributed by atoms with Crippen molar-refractivity contribution in [2.75, 3.05) is 32.0 Å². The fourth-order valence-electron chi connectivity index (χ4n) is 1.42. The van der Waals surface area contributed by atoms with Crippen LogP contribution in [-0.4, -0.2) is 48.6 Å². The van der Waals surface area contributed by atoms with Crippen LogP contribution < -0.4 is 10.6 Å². The third-order valence-corrected chi connectivity index (χ3v) is 2.40. The molecule has 0 saturated heterocycles. The molecule has 0 aromatic carbocycles. The standard InChI is InChI=1S/C12H20N4O3/c1-4-5-13-7-12(18)16(3)8-11(17)14-10-6-9(2)19-15-10/h6,13H,4-5,7-8H2,1-3H3,(H,14,15,17). The quantitative estimate of drug-likeness (QED) is 0.698. The molecule has 0 atom stereocenters. The van der Waals surface area contributed by atoms with Crippen molar-refractivity contribution in [2.45, 2.75) is 20.3 Å². The summed E-state index contributed by atoms with van der Waals surface area (Å²) in [4.78, 5) is 24.7. The lowest BCUT2D eigenvalue weighted by Crippen LogP contribution is -2.40. The third-order valence-electron chi connectivity index (χ3n) is 2.40. The van der Waals surface area contributed by atoms with Gasteiger partial charge in [-0.2, -0.15) is 0 Å². The Morgan fingerprint density at radius 3 is 2.79 bits per heavy atom.